The lowest BCUT2D eigenvalue weighted by molar-refractivity contribution is -0.139. The van der Waals surface area contributed by atoms with Crippen LogP contribution in [-0.2, 0) is 16.0 Å². The number of benzene rings is 2. The van der Waals surface area contributed by atoms with Gasteiger partial charge in [-0.15, -0.1) is 0 Å². The van der Waals surface area contributed by atoms with Crippen LogP contribution in [0.1, 0.15) is 11.1 Å². The molecule has 0 bridgehead atoms. The molecule has 1 heterocycles. The second-order valence-corrected chi connectivity index (χ2v) is 8.60. The number of hydrogen-bond acceptors (Lipinski definition) is 5. The van der Waals surface area contributed by atoms with Crippen molar-refractivity contribution < 1.29 is 19.4 Å². The molecule has 0 radical (unpaired) electrons. The summed E-state index contributed by atoms with van der Waals surface area (Å²) in [6.45, 7) is -0.450. The quantitative estimate of drug-likeness (QED) is 0.493. The number of ether oxygens (including phenoxy) is 1. The topological polar surface area (TPSA) is 63.6 Å². The van der Waals surface area contributed by atoms with Gasteiger partial charge in [0.1, 0.15) is 5.75 Å². The van der Waals surface area contributed by atoms with Crippen molar-refractivity contribution in [3.63, 3.8) is 0 Å². The first-order chi connectivity index (χ1) is 12.9. The molecule has 0 amide bonds. The number of Topliss-reactive ketones (excluding diaryl/α,β-unsaturated/α-hetero) is 1. The summed E-state index contributed by atoms with van der Waals surface area (Å²) in [6.07, 6.45) is 2.29. The van der Waals surface area contributed by atoms with E-state index in [0.29, 0.717) is 26.8 Å². The fraction of sp³-hybridized carbons (Fsp3) is 0.150. The van der Waals surface area contributed by atoms with Crippen molar-refractivity contribution in [3.05, 3.63) is 69.0 Å². The van der Waals surface area contributed by atoms with Crippen molar-refractivity contribution in [2.24, 2.45) is 5.92 Å². The van der Waals surface area contributed by atoms with Crippen LogP contribution in [0.5, 0.6) is 5.75 Å². The summed E-state index contributed by atoms with van der Waals surface area (Å²) in [6, 6.07) is 15.0. The van der Waals surface area contributed by atoms with E-state index in [4.69, 9.17) is 22.1 Å². The van der Waals surface area contributed by atoms with Gasteiger partial charge in [-0.3, -0.25) is 4.79 Å². The fourth-order valence-electron chi connectivity index (χ4n) is 2.68. The number of halogens is 1. The summed E-state index contributed by atoms with van der Waals surface area (Å²) in [4.78, 5) is 24.2. The molecule has 0 aliphatic carbocycles. The lowest BCUT2D eigenvalue weighted by atomic mass is 9.96. The SMILES string of the molecule is O=C(O)COc1ccc(Br)cc1C=C1SC(=S)C(Cc2ccccc2)C1=O. The number of allylic oxidation sites excluding steroid dienone is 1. The van der Waals surface area contributed by atoms with Gasteiger partial charge in [0.15, 0.2) is 12.4 Å². The average molecular weight is 463 g/mol. The average Bonchev–Trinajstić information content (AvgIpc) is 2.89. The molecular weight excluding hydrogens is 448 g/mol. The number of hydrogen-bond donors (Lipinski definition) is 1. The predicted molar refractivity (Wildman–Crippen MR) is 114 cm³/mol. The highest BCUT2D eigenvalue weighted by Crippen LogP contribution is 2.39. The molecule has 27 heavy (non-hydrogen) atoms. The third kappa shape index (κ3) is 5.06. The summed E-state index contributed by atoms with van der Waals surface area (Å²) < 4.78 is 6.78. The number of aliphatic carboxylic acids is 1. The smallest absolute Gasteiger partial charge is 0.341 e. The molecule has 1 atom stereocenters. The highest BCUT2D eigenvalue weighted by Gasteiger charge is 2.35. The van der Waals surface area contributed by atoms with Gasteiger partial charge >= 0.3 is 5.97 Å². The predicted octanol–water partition coefficient (Wildman–Crippen LogP) is 4.76. The van der Waals surface area contributed by atoms with Gasteiger partial charge in [-0.25, -0.2) is 4.79 Å². The molecule has 1 aliphatic rings. The zero-order valence-corrected chi connectivity index (χ0v) is 17.3. The Morgan fingerprint density at radius 3 is 2.70 bits per heavy atom. The highest BCUT2D eigenvalue weighted by atomic mass is 79.9. The molecule has 1 saturated heterocycles. The van der Waals surface area contributed by atoms with E-state index in [-0.39, 0.29) is 11.7 Å². The van der Waals surface area contributed by atoms with Gasteiger partial charge in [0.25, 0.3) is 0 Å². The van der Waals surface area contributed by atoms with E-state index in [0.717, 1.165) is 10.0 Å². The first-order valence-electron chi connectivity index (χ1n) is 8.09. The van der Waals surface area contributed by atoms with Crippen LogP contribution in [0.3, 0.4) is 0 Å². The normalized spacial score (nSPS) is 18.1. The molecular formula is C20H15BrO4S2. The number of rotatable bonds is 6. The standard InChI is InChI=1S/C20H15BrO4S2/c21-14-6-7-16(25-11-18(22)23)13(9-14)10-17-19(24)15(20(26)27-17)8-12-4-2-1-3-5-12/h1-7,9-10,15H,8,11H2,(H,22,23). The number of carboxylic acids is 1. The highest BCUT2D eigenvalue weighted by molar-refractivity contribution is 9.10. The maximum Gasteiger partial charge on any atom is 0.341 e. The Balaban J connectivity index is 1.85. The number of carbonyl (C=O) groups is 2. The molecule has 3 rings (SSSR count). The van der Waals surface area contributed by atoms with Gasteiger partial charge in [0, 0.05) is 10.0 Å². The molecule has 0 saturated carbocycles. The minimum atomic E-state index is -1.06. The maximum atomic E-state index is 12.9. The van der Waals surface area contributed by atoms with Crippen molar-refractivity contribution >= 4 is 61.9 Å². The van der Waals surface area contributed by atoms with E-state index in [1.54, 1.807) is 24.3 Å². The van der Waals surface area contributed by atoms with Crippen molar-refractivity contribution in [1.29, 1.82) is 0 Å². The summed E-state index contributed by atoms with van der Waals surface area (Å²) in [5.74, 6) is -1.02. The first-order valence-corrected chi connectivity index (χ1v) is 10.1. The summed E-state index contributed by atoms with van der Waals surface area (Å²) in [7, 11) is 0. The number of thioether (sulfide) groups is 1. The molecule has 0 spiro atoms. The molecule has 1 unspecified atom stereocenters. The van der Waals surface area contributed by atoms with Gasteiger partial charge < -0.3 is 9.84 Å². The zero-order chi connectivity index (χ0) is 19.4. The van der Waals surface area contributed by atoms with Crippen LogP contribution >= 0.6 is 39.9 Å². The lowest BCUT2D eigenvalue weighted by Crippen LogP contribution is -2.16. The second kappa shape index (κ2) is 8.82. The van der Waals surface area contributed by atoms with Gasteiger partial charge in [-0.1, -0.05) is 70.2 Å². The van der Waals surface area contributed by atoms with Crippen LogP contribution in [0.25, 0.3) is 6.08 Å². The number of carboxylic acid groups (broad SMARTS) is 1. The van der Waals surface area contributed by atoms with Gasteiger partial charge in [0.2, 0.25) is 0 Å². The van der Waals surface area contributed by atoms with E-state index >= 15 is 0 Å². The van der Waals surface area contributed by atoms with E-state index in [1.807, 2.05) is 30.3 Å². The molecule has 7 heteroatoms. The Hall–Kier alpha value is -1.96. The third-order valence-corrected chi connectivity index (χ3v) is 6.00. The van der Waals surface area contributed by atoms with Crippen molar-refractivity contribution in [2.45, 2.75) is 6.42 Å². The van der Waals surface area contributed by atoms with Crippen molar-refractivity contribution in [1.82, 2.24) is 0 Å². The fourth-order valence-corrected chi connectivity index (χ4v) is 4.50. The maximum absolute atomic E-state index is 12.9. The van der Waals surface area contributed by atoms with Crippen LogP contribution in [0.15, 0.2) is 57.9 Å². The Bertz CT molecular complexity index is 925. The number of ketones is 1. The molecule has 1 N–H and O–H groups in total. The van der Waals surface area contributed by atoms with Crippen LogP contribution < -0.4 is 4.74 Å². The molecule has 2 aromatic rings. The summed E-state index contributed by atoms with van der Waals surface area (Å²) in [5, 5.41) is 8.83. The summed E-state index contributed by atoms with van der Waals surface area (Å²) in [5.41, 5.74) is 1.69. The zero-order valence-electron chi connectivity index (χ0n) is 14.1. The Labute approximate surface area is 174 Å². The minimum absolute atomic E-state index is 0.0157. The van der Waals surface area contributed by atoms with E-state index in [2.05, 4.69) is 15.9 Å². The first kappa shape index (κ1) is 19.8. The van der Waals surface area contributed by atoms with Gasteiger partial charge in [-0.05, 0) is 36.3 Å². The monoisotopic (exact) mass is 462 g/mol. The van der Waals surface area contributed by atoms with E-state index < -0.39 is 12.6 Å². The van der Waals surface area contributed by atoms with Crippen LogP contribution in [0, 0.1) is 5.92 Å². The van der Waals surface area contributed by atoms with Crippen molar-refractivity contribution in [3.8, 4) is 5.75 Å². The summed E-state index contributed by atoms with van der Waals surface area (Å²) >= 11 is 10.1. The minimum Gasteiger partial charge on any atom is -0.481 e. The molecule has 0 aromatic heterocycles. The molecule has 4 nitrogen and oxygen atoms in total. The van der Waals surface area contributed by atoms with E-state index in [9.17, 15) is 9.59 Å². The van der Waals surface area contributed by atoms with Gasteiger partial charge in [-0.2, -0.15) is 0 Å². The Kier molecular flexibility index (Phi) is 6.46. The Morgan fingerprint density at radius 2 is 2.00 bits per heavy atom. The van der Waals surface area contributed by atoms with Crippen LogP contribution in [0.2, 0.25) is 0 Å². The molecule has 1 aliphatic heterocycles. The number of carbonyl (C=O) groups excluding carboxylic acids is 1. The third-order valence-electron chi connectivity index (χ3n) is 3.95. The Morgan fingerprint density at radius 1 is 1.26 bits per heavy atom. The van der Waals surface area contributed by atoms with E-state index in [1.165, 1.54) is 11.8 Å². The molecule has 1 fully saturated rings. The lowest BCUT2D eigenvalue weighted by Gasteiger charge is -2.09. The van der Waals surface area contributed by atoms with Crippen LogP contribution in [0.4, 0.5) is 0 Å². The number of thiocarbonyl (C=S) groups is 1. The molecule has 2 aromatic carbocycles. The largest absolute Gasteiger partial charge is 0.481 e. The van der Waals surface area contributed by atoms with Crippen molar-refractivity contribution in [2.75, 3.05) is 6.61 Å². The second-order valence-electron chi connectivity index (χ2n) is 5.90. The van der Waals surface area contributed by atoms with Gasteiger partial charge in [0.05, 0.1) is 15.0 Å². The van der Waals surface area contributed by atoms with Crippen LogP contribution in [-0.4, -0.2) is 27.7 Å². The molecule has 138 valence electrons.